The number of amides is 3. The zero-order valence-electron chi connectivity index (χ0n) is 26.0. The first-order chi connectivity index (χ1) is 21.6. The van der Waals surface area contributed by atoms with Crippen molar-refractivity contribution in [2.24, 2.45) is 0 Å². The molecule has 2 heterocycles. The maximum absolute atomic E-state index is 14.0. The molecule has 2 aromatic rings. The number of anilines is 1. The van der Waals surface area contributed by atoms with Crippen LogP contribution in [0.2, 0.25) is 10.0 Å². The lowest BCUT2D eigenvalue weighted by Gasteiger charge is -2.41. The number of nitrogens with one attached hydrogen (secondary N) is 2. The van der Waals surface area contributed by atoms with Crippen molar-refractivity contribution < 1.29 is 37.0 Å². The second-order valence-electron chi connectivity index (χ2n) is 11.9. The molecule has 0 saturated carbocycles. The smallest absolute Gasteiger partial charge is 0.410 e. The highest BCUT2D eigenvalue weighted by molar-refractivity contribution is 7.93. The van der Waals surface area contributed by atoms with Gasteiger partial charge in [-0.2, -0.15) is 0 Å². The van der Waals surface area contributed by atoms with E-state index in [0.29, 0.717) is 0 Å². The van der Waals surface area contributed by atoms with Crippen LogP contribution in [0.25, 0.3) is 0 Å². The Balaban J connectivity index is 1.68. The molecule has 2 atom stereocenters. The number of sulfonamides is 1. The fourth-order valence-electron chi connectivity index (χ4n) is 4.78. The molecule has 1 saturated heterocycles. The van der Waals surface area contributed by atoms with Crippen LogP contribution >= 0.6 is 23.2 Å². The number of halogens is 2. The van der Waals surface area contributed by atoms with Crippen LogP contribution in [0.5, 0.6) is 0 Å². The molecule has 1 fully saturated rings. The maximum atomic E-state index is 14.0. The molecule has 2 unspecified atom stereocenters. The maximum Gasteiger partial charge on any atom is 0.410 e. The van der Waals surface area contributed by atoms with E-state index < -0.39 is 45.2 Å². The van der Waals surface area contributed by atoms with Crippen molar-refractivity contribution in [3.8, 4) is 0 Å². The van der Waals surface area contributed by atoms with Gasteiger partial charge >= 0.3 is 6.09 Å². The van der Waals surface area contributed by atoms with E-state index in [4.69, 9.17) is 37.4 Å². The predicted octanol–water partition coefficient (Wildman–Crippen LogP) is 4.02. The number of carbonyl (C=O) groups is 3. The Hall–Kier alpha value is -3.36. The number of fused-ring (bicyclic) bond motifs is 2. The van der Waals surface area contributed by atoms with Gasteiger partial charge in [-0.05, 0) is 58.0 Å². The highest BCUT2D eigenvalue weighted by atomic mass is 35.5. The van der Waals surface area contributed by atoms with Gasteiger partial charge in [0.1, 0.15) is 10.5 Å². The second kappa shape index (κ2) is 14.6. The van der Waals surface area contributed by atoms with Gasteiger partial charge in [0.25, 0.3) is 21.8 Å². The van der Waals surface area contributed by atoms with Crippen LogP contribution < -0.4 is 14.9 Å². The zero-order valence-corrected chi connectivity index (χ0v) is 28.4. The summed E-state index contributed by atoms with van der Waals surface area (Å²) in [4.78, 5) is 40.9. The Labute approximate surface area is 279 Å². The summed E-state index contributed by atoms with van der Waals surface area (Å²) in [6.45, 7) is 6.66. The molecule has 2 aliphatic heterocycles. The summed E-state index contributed by atoms with van der Waals surface area (Å²) < 4.78 is 46.5. The van der Waals surface area contributed by atoms with Gasteiger partial charge in [0, 0.05) is 24.7 Å². The minimum absolute atomic E-state index is 0.00349. The molecule has 0 aromatic heterocycles. The molecule has 4 rings (SSSR count). The summed E-state index contributed by atoms with van der Waals surface area (Å²) in [5.74, 6) is -1.11. The van der Waals surface area contributed by atoms with Crippen LogP contribution in [0.15, 0.2) is 59.5 Å². The Morgan fingerprint density at radius 3 is 2.54 bits per heavy atom. The number of hydrogen-bond donors (Lipinski definition) is 2. The molecule has 15 heteroatoms. The molecule has 12 nitrogen and oxygen atoms in total. The average Bonchev–Trinajstić information content (AvgIpc) is 2.99. The van der Waals surface area contributed by atoms with Crippen molar-refractivity contribution in [2.45, 2.75) is 49.8 Å². The van der Waals surface area contributed by atoms with E-state index >= 15 is 0 Å². The number of nitrogens with zero attached hydrogens (tertiary/aromatic N) is 2. The molecular weight excluding hydrogens is 659 g/mol. The lowest BCUT2D eigenvalue weighted by molar-refractivity contribution is -0.170. The summed E-state index contributed by atoms with van der Waals surface area (Å²) in [5.41, 5.74) is -2.07. The molecule has 2 aliphatic rings. The highest BCUT2D eigenvalue weighted by Crippen LogP contribution is 2.33. The SMILES string of the molecule is CC1CNC(=O)c2ccc(Cl)c(c2)S(=O)(=O)N(c2ccccc2Cl)C/C=C/COCC2(CN(C(=O)OC(C)(C)C)CCO2)C(=O)N1. The van der Waals surface area contributed by atoms with Gasteiger partial charge in [-0.25, -0.2) is 13.2 Å². The standard InChI is InChI=1S/C31H38Cl2N4O8S/c1-21-18-34-27(38)22-11-12-24(33)26(17-22)46(41,42)37(25-10-6-5-9-23(25)32)13-7-8-15-43-20-31(28(39)35-21)19-36(14-16-44-31)29(40)45-30(2,3)4/h5-12,17,21H,13-16,18-20H2,1-4H3,(H,34,38)(H,35,39)/b8-7+. The Morgan fingerprint density at radius 2 is 1.83 bits per heavy atom. The van der Waals surface area contributed by atoms with E-state index in [2.05, 4.69) is 10.6 Å². The van der Waals surface area contributed by atoms with Crippen molar-refractivity contribution >= 4 is 56.8 Å². The molecule has 2 bridgehead atoms. The first kappa shape index (κ1) is 35.5. The van der Waals surface area contributed by atoms with Crippen LogP contribution in [0.4, 0.5) is 10.5 Å². The molecule has 3 amide bonds. The van der Waals surface area contributed by atoms with Gasteiger partial charge in [0.15, 0.2) is 5.60 Å². The lowest BCUT2D eigenvalue weighted by atomic mass is 10.0. The van der Waals surface area contributed by atoms with Crippen molar-refractivity contribution in [1.82, 2.24) is 15.5 Å². The van der Waals surface area contributed by atoms with Gasteiger partial charge in [-0.15, -0.1) is 0 Å². The number of para-hydroxylation sites is 1. The molecule has 0 radical (unpaired) electrons. The third-order valence-corrected chi connectivity index (χ3v) is 9.65. The van der Waals surface area contributed by atoms with Gasteiger partial charge < -0.3 is 29.7 Å². The first-order valence-electron chi connectivity index (χ1n) is 14.6. The molecule has 2 N–H and O–H groups in total. The van der Waals surface area contributed by atoms with Gasteiger partial charge in [0.2, 0.25) is 0 Å². The van der Waals surface area contributed by atoms with Crippen LogP contribution in [0, 0.1) is 0 Å². The number of morpholine rings is 1. The topological polar surface area (TPSA) is 144 Å². The fourth-order valence-corrected chi connectivity index (χ4v) is 7.01. The number of carbonyl (C=O) groups excluding carboxylic acids is 3. The van der Waals surface area contributed by atoms with Crippen molar-refractivity contribution in [3.63, 3.8) is 0 Å². The van der Waals surface area contributed by atoms with Crippen LogP contribution in [-0.4, -0.2) is 94.5 Å². The van der Waals surface area contributed by atoms with E-state index in [1.54, 1.807) is 64.1 Å². The third kappa shape index (κ3) is 8.51. The minimum atomic E-state index is -4.32. The first-order valence-corrected chi connectivity index (χ1v) is 16.8. The Morgan fingerprint density at radius 1 is 1.09 bits per heavy atom. The number of rotatable bonds is 1. The van der Waals surface area contributed by atoms with Gasteiger partial charge in [0.05, 0.1) is 48.6 Å². The largest absolute Gasteiger partial charge is 0.444 e. The van der Waals surface area contributed by atoms with Gasteiger partial charge in [-0.3, -0.25) is 13.9 Å². The molecule has 1 spiro atoms. The van der Waals surface area contributed by atoms with E-state index in [0.717, 1.165) is 4.31 Å². The van der Waals surface area contributed by atoms with Crippen LogP contribution in [0.3, 0.4) is 0 Å². The van der Waals surface area contributed by atoms with Crippen LogP contribution in [0.1, 0.15) is 38.1 Å². The fraction of sp³-hybridized carbons (Fsp3) is 0.452. The summed E-state index contributed by atoms with van der Waals surface area (Å²) in [5, 5.41) is 5.67. The Kier molecular flexibility index (Phi) is 11.3. The van der Waals surface area contributed by atoms with E-state index in [-0.39, 0.29) is 72.2 Å². The van der Waals surface area contributed by atoms with Crippen molar-refractivity contribution in [2.75, 3.05) is 50.3 Å². The van der Waals surface area contributed by atoms with E-state index in [1.807, 2.05) is 0 Å². The number of hydrogen-bond acceptors (Lipinski definition) is 8. The van der Waals surface area contributed by atoms with Gasteiger partial charge in [-0.1, -0.05) is 47.5 Å². The molecule has 46 heavy (non-hydrogen) atoms. The second-order valence-corrected chi connectivity index (χ2v) is 14.6. The third-order valence-electron chi connectivity index (χ3n) is 7.07. The van der Waals surface area contributed by atoms with Crippen molar-refractivity contribution in [3.05, 3.63) is 70.2 Å². The molecule has 250 valence electrons. The average molecular weight is 698 g/mol. The predicted molar refractivity (Wildman–Crippen MR) is 174 cm³/mol. The van der Waals surface area contributed by atoms with Crippen LogP contribution in [-0.2, 0) is 29.0 Å². The summed E-state index contributed by atoms with van der Waals surface area (Å²) >= 11 is 12.8. The molecular formula is C31H38Cl2N4O8S. The highest BCUT2D eigenvalue weighted by Gasteiger charge is 2.46. The minimum Gasteiger partial charge on any atom is -0.444 e. The Bertz CT molecular complexity index is 1600. The van der Waals surface area contributed by atoms with E-state index in [1.165, 1.54) is 23.1 Å². The molecule has 2 aromatic carbocycles. The summed E-state index contributed by atoms with van der Waals surface area (Å²) in [6, 6.07) is 9.80. The number of ether oxygens (including phenoxy) is 3. The zero-order chi connectivity index (χ0) is 33.7. The summed E-state index contributed by atoms with van der Waals surface area (Å²) in [6.07, 6.45) is 2.57. The normalized spacial score (nSPS) is 23.9. The lowest BCUT2D eigenvalue weighted by Crippen LogP contribution is -2.64. The molecule has 0 aliphatic carbocycles. The number of benzene rings is 2. The summed E-state index contributed by atoms with van der Waals surface area (Å²) in [7, 11) is -4.32. The van der Waals surface area contributed by atoms with Crippen molar-refractivity contribution in [1.29, 1.82) is 0 Å². The van der Waals surface area contributed by atoms with E-state index in [9.17, 15) is 22.8 Å². The monoisotopic (exact) mass is 696 g/mol. The quantitative estimate of drug-likeness (QED) is 0.426.